The molecule has 0 saturated carbocycles. The number of hydrogen-bond donors (Lipinski definition) is 1. The molecule has 2 aromatic rings. The summed E-state index contributed by atoms with van der Waals surface area (Å²) in [5.74, 6) is 0.893. The molecular formula is C24H32N2O4. The summed E-state index contributed by atoms with van der Waals surface area (Å²) < 4.78 is 10.8. The van der Waals surface area contributed by atoms with E-state index < -0.39 is 6.04 Å². The lowest BCUT2D eigenvalue weighted by atomic mass is 10.1. The van der Waals surface area contributed by atoms with Gasteiger partial charge in [0.2, 0.25) is 5.91 Å². The highest BCUT2D eigenvalue weighted by atomic mass is 16.5. The normalized spacial score (nSPS) is 11.7. The second kappa shape index (κ2) is 11.2. The number of hydrogen-bond acceptors (Lipinski definition) is 4. The lowest BCUT2D eigenvalue weighted by Gasteiger charge is -2.31. The third-order valence-corrected chi connectivity index (χ3v) is 4.84. The fraction of sp³-hybridized carbons (Fsp3) is 0.417. The Morgan fingerprint density at radius 1 is 1.03 bits per heavy atom. The first-order valence-electron chi connectivity index (χ1n) is 10.3. The summed E-state index contributed by atoms with van der Waals surface area (Å²) >= 11 is 0. The van der Waals surface area contributed by atoms with Gasteiger partial charge in [-0.2, -0.15) is 0 Å². The van der Waals surface area contributed by atoms with Crippen LogP contribution in [0.15, 0.2) is 48.5 Å². The van der Waals surface area contributed by atoms with Crippen LogP contribution in [-0.2, 0) is 16.1 Å². The van der Waals surface area contributed by atoms with Gasteiger partial charge in [0, 0.05) is 12.6 Å². The minimum Gasteiger partial charge on any atom is -0.497 e. The minimum absolute atomic E-state index is 0.00230. The van der Waals surface area contributed by atoms with Gasteiger partial charge >= 0.3 is 0 Å². The molecule has 0 bridgehead atoms. The van der Waals surface area contributed by atoms with Gasteiger partial charge in [0.05, 0.1) is 7.11 Å². The van der Waals surface area contributed by atoms with E-state index in [4.69, 9.17) is 9.47 Å². The van der Waals surface area contributed by atoms with Crippen molar-refractivity contribution in [1.82, 2.24) is 10.2 Å². The standard InChI is InChI=1S/C24H32N2O4/c1-6-22(24(28)25-17(2)3)26(15-19-10-8-7-9-18(19)4)23(27)16-30-21-13-11-20(29-5)12-14-21/h7-14,17,22H,6,15-16H2,1-5H3,(H,25,28). The lowest BCUT2D eigenvalue weighted by molar-refractivity contribution is -0.143. The van der Waals surface area contributed by atoms with E-state index in [1.54, 1.807) is 36.3 Å². The summed E-state index contributed by atoms with van der Waals surface area (Å²) in [5.41, 5.74) is 2.08. The number of nitrogens with zero attached hydrogens (tertiary/aromatic N) is 1. The number of rotatable bonds is 10. The van der Waals surface area contributed by atoms with Gasteiger partial charge in [-0.15, -0.1) is 0 Å². The van der Waals surface area contributed by atoms with Crippen LogP contribution in [0.25, 0.3) is 0 Å². The van der Waals surface area contributed by atoms with Crippen molar-refractivity contribution in [3.63, 3.8) is 0 Å². The van der Waals surface area contributed by atoms with Crippen molar-refractivity contribution in [1.29, 1.82) is 0 Å². The third kappa shape index (κ3) is 6.51. The first-order chi connectivity index (χ1) is 14.3. The number of benzene rings is 2. The fourth-order valence-corrected chi connectivity index (χ4v) is 3.17. The van der Waals surface area contributed by atoms with Crippen LogP contribution < -0.4 is 14.8 Å². The van der Waals surface area contributed by atoms with Crippen LogP contribution in [0, 0.1) is 6.92 Å². The first-order valence-corrected chi connectivity index (χ1v) is 10.3. The first kappa shape index (κ1) is 23.3. The Morgan fingerprint density at radius 2 is 1.67 bits per heavy atom. The van der Waals surface area contributed by atoms with Crippen LogP contribution in [0.4, 0.5) is 0 Å². The molecule has 30 heavy (non-hydrogen) atoms. The van der Waals surface area contributed by atoms with Gasteiger partial charge in [0.25, 0.3) is 5.91 Å². The SMILES string of the molecule is CCC(C(=O)NC(C)C)N(Cc1ccccc1C)C(=O)COc1ccc(OC)cc1. The van der Waals surface area contributed by atoms with E-state index in [0.29, 0.717) is 24.5 Å². The molecule has 0 aromatic heterocycles. The minimum atomic E-state index is -0.570. The number of carbonyl (C=O) groups excluding carboxylic acids is 2. The van der Waals surface area contributed by atoms with Crippen molar-refractivity contribution in [2.75, 3.05) is 13.7 Å². The topological polar surface area (TPSA) is 67.9 Å². The molecule has 1 unspecified atom stereocenters. The molecule has 1 atom stereocenters. The zero-order valence-electron chi connectivity index (χ0n) is 18.5. The van der Waals surface area contributed by atoms with Crippen molar-refractivity contribution < 1.29 is 19.1 Å². The molecule has 6 nitrogen and oxygen atoms in total. The van der Waals surface area contributed by atoms with Crippen molar-refractivity contribution in [2.45, 2.75) is 52.7 Å². The van der Waals surface area contributed by atoms with Crippen molar-refractivity contribution in [2.24, 2.45) is 0 Å². The number of carbonyl (C=O) groups is 2. The fourth-order valence-electron chi connectivity index (χ4n) is 3.17. The zero-order valence-corrected chi connectivity index (χ0v) is 18.5. The Kier molecular flexibility index (Phi) is 8.71. The maximum absolute atomic E-state index is 13.1. The Labute approximate surface area is 179 Å². The van der Waals surface area contributed by atoms with Crippen LogP contribution in [0.1, 0.15) is 38.3 Å². The van der Waals surface area contributed by atoms with Crippen LogP contribution in [-0.4, -0.2) is 42.5 Å². The van der Waals surface area contributed by atoms with Crippen molar-refractivity contribution in [3.05, 3.63) is 59.7 Å². The van der Waals surface area contributed by atoms with Gasteiger partial charge in [-0.3, -0.25) is 9.59 Å². The quantitative estimate of drug-likeness (QED) is 0.646. The van der Waals surface area contributed by atoms with E-state index in [0.717, 1.165) is 11.1 Å². The molecule has 0 aliphatic carbocycles. The molecule has 0 saturated heterocycles. The van der Waals surface area contributed by atoms with E-state index in [2.05, 4.69) is 5.32 Å². The Balaban J connectivity index is 2.20. The number of ether oxygens (including phenoxy) is 2. The second-order valence-corrected chi connectivity index (χ2v) is 7.50. The van der Waals surface area contributed by atoms with Crippen molar-refractivity contribution in [3.8, 4) is 11.5 Å². The van der Waals surface area contributed by atoms with Crippen LogP contribution in [0.2, 0.25) is 0 Å². The number of aryl methyl sites for hydroxylation is 1. The van der Waals surface area contributed by atoms with Crippen molar-refractivity contribution >= 4 is 11.8 Å². The molecule has 0 fully saturated rings. The summed E-state index contributed by atoms with van der Waals surface area (Å²) in [6.07, 6.45) is 0.513. The van der Waals surface area contributed by atoms with E-state index in [1.165, 1.54) is 0 Å². The van der Waals surface area contributed by atoms with Crippen LogP contribution >= 0.6 is 0 Å². The third-order valence-electron chi connectivity index (χ3n) is 4.84. The lowest BCUT2D eigenvalue weighted by Crippen LogP contribution is -2.51. The molecular weight excluding hydrogens is 380 g/mol. The highest BCUT2D eigenvalue weighted by Gasteiger charge is 2.29. The predicted octanol–water partition coefficient (Wildman–Crippen LogP) is 3.71. The summed E-state index contributed by atoms with van der Waals surface area (Å²) in [6, 6.07) is 14.4. The van der Waals surface area contributed by atoms with E-state index in [9.17, 15) is 9.59 Å². The molecule has 6 heteroatoms. The molecule has 2 amide bonds. The molecule has 0 aliphatic heterocycles. The van der Waals surface area contributed by atoms with Gasteiger partial charge in [-0.25, -0.2) is 0 Å². The number of amides is 2. The van der Waals surface area contributed by atoms with Gasteiger partial charge in [0.15, 0.2) is 6.61 Å². The van der Waals surface area contributed by atoms with Gasteiger partial charge < -0.3 is 19.7 Å². The largest absolute Gasteiger partial charge is 0.497 e. The Morgan fingerprint density at radius 3 is 2.23 bits per heavy atom. The average Bonchev–Trinajstić information content (AvgIpc) is 2.73. The highest BCUT2D eigenvalue weighted by molar-refractivity contribution is 5.88. The molecule has 2 rings (SSSR count). The highest BCUT2D eigenvalue weighted by Crippen LogP contribution is 2.19. The maximum atomic E-state index is 13.1. The monoisotopic (exact) mass is 412 g/mol. The maximum Gasteiger partial charge on any atom is 0.261 e. The average molecular weight is 413 g/mol. The van der Waals surface area contributed by atoms with E-state index in [-0.39, 0.29) is 24.5 Å². The molecule has 0 radical (unpaired) electrons. The van der Waals surface area contributed by atoms with Gasteiger partial charge in [-0.1, -0.05) is 31.2 Å². The Hall–Kier alpha value is -3.02. The molecule has 0 heterocycles. The van der Waals surface area contributed by atoms with Crippen LogP contribution in [0.3, 0.4) is 0 Å². The summed E-state index contributed by atoms with van der Waals surface area (Å²) in [6.45, 7) is 7.93. The van der Waals surface area contributed by atoms with Crippen LogP contribution in [0.5, 0.6) is 11.5 Å². The number of nitrogens with one attached hydrogen (secondary N) is 1. The number of methoxy groups -OCH3 is 1. The Bertz CT molecular complexity index is 833. The smallest absolute Gasteiger partial charge is 0.261 e. The second-order valence-electron chi connectivity index (χ2n) is 7.50. The molecule has 2 aromatic carbocycles. The predicted molar refractivity (Wildman–Crippen MR) is 118 cm³/mol. The molecule has 0 spiro atoms. The zero-order chi connectivity index (χ0) is 22.1. The molecule has 1 N–H and O–H groups in total. The van der Waals surface area contributed by atoms with Gasteiger partial charge in [0.1, 0.15) is 17.5 Å². The van der Waals surface area contributed by atoms with Gasteiger partial charge in [-0.05, 0) is 62.6 Å². The summed E-state index contributed by atoms with van der Waals surface area (Å²) in [4.78, 5) is 27.5. The molecule has 0 aliphatic rings. The van der Waals surface area contributed by atoms with E-state index in [1.807, 2.05) is 52.0 Å². The summed E-state index contributed by atoms with van der Waals surface area (Å²) in [5, 5.41) is 2.93. The summed E-state index contributed by atoms with van der Waals surface area (Å²) in [7, 11) is 1.59. The van der Waals surface area contributed by atoms with E-state index >= 15 is 0 Å². The molecule has 162 valence electrons.